The van der Waals surface area contributed by atoms with Gasteiger partial charge in [-0.25, -0.2) is 0 Å². The fourth-order valence-electron chi connectivity index (χ4n) is 6.77. The number of carbonyl (C=O) groups is 1. The number of hydrogen-bond donors (Lipinski definition) is 0. The Morgan fingerprint density at radius 3 is 1.94 bits per heavy atom. The van der Waals surface area contributed by atoms with Crippen LogP contribution in [-0.4, -0.2) is 48.4 Å². The van der Waals surface area contributed by atoms with E-state index in [9.17, 15) is 4.79 Å². The minimum atomic E-state index is -0.0588. The van der Waals surface area contributed by atoms with Crippen LogP contribution in [0.5, 0.6) is 0 Å². The average Bonchev–Trinajstić information content (AvgIpc) is 3.18. The van der Waals surface area contributed by atoms with Gasteiger partial charge in [-0.15, -0.1) is 12.4 Å². The summed E-state index contributed by atoms with van der Waals surface area (Å²) in [5.41, 5.74) is 2.75. The fraction of sp³-hybridized carbons (Fsp3) is 0.581. The lowest BCUT2D eigenvalue weighted by molar-refractivity contribution is -0.139. The van der Waals surface area contributed by atoms with Crippen LogP contribution in [0.3, 0.4) is 0 Å². The highest BCUT2D eigenvalue weighted by Gasteiger charge is 2.48. The van der Waals surface area contributed by atoms with Gasteiger partial charge in [-0.2, -0.15) is 0 Å². The molecule has 4 heteroatoms. The summed E-state index contributed by atoms with van der Waals surface area (Å²) in [6, 6.07) is 21.9. The molecule has 0 atom stereocenters. The summed E-state index contributed by atoms with van der Waals surface area (Å²) < 4.78 is 0. The van der Waals surface area contributed by atoms with Gasteiger partial charge < -0.3 is 9.80 Å². The zero-order valence-corrected chi connectivity index (χ0v) is 22.2. The summed E-state index contributed by atoms with van der Waals surface area (Å²) >= 11 is 0. The minimum Gasteiger partial charge on any atom is -0.342 e. The molecule has 1 aliphatic carbocycles. The lowest BCUT2D eigenvalue weighted by Gasteiger charge is -2.39. The van der Waals surface area contributed by atoms with Crippen molar-refractivity contribution in [3.05, 3.63) is 71.8 Å². The first-order valence-corrected chi connectivity index (χ1v) is 13.7. The second-order valence-corrected chi connectivity index (χ2v) is 11.4. The summed E-state index contributed by atoms with van der Waals surface area (Å²) in [5.74, 6) is 2.53. The van der Waals surface area contributed by atoms with E-state index in [0.29, 0.717) is 11.8 Å². The van der Waals surface area contributed by atoms with E-state index in [1.165, 1.54) is 36.8 Å². The number of rotatable bonds is 7. The molecule has 35 heavy (non-hydrogen) atoms. The molecule has 3 aliphatic rings. The Hall–Kier alpha value is -1.84. The SMILES string of the molecule is CC1CCC(CN2CCC3(CCN(CCC(c4ccccc4)c4ccccc4)CC3)C2=O)CC1.Cl. The summed E-state index contributed by atoms with van der Waals surface area (Å²) in [6.07, 6.45) is 9.63. The van der Waals surface area contributed by atoms with Gasteiger partial charge in [-0.3, -0.25) is 4.79 Å². The van der Waals surface area contributed by atoms with Crippen molar-refractivity contribution in [2.75, 3.05) is 32.7 Å². The first kappa shape index (κ1) is 26.2. The summed E-state index contributed by atoms with van der Waals surface area (Å²) in [6.45, 7) is 7.63. The van der Waals surface area contributed by atoms with Gasteiger partial charge in [-0.1, -0.05) is 80.4 Å². The lowest BCUT2D eigenvalue weighted by atomic mass is 9.76. The zero-order valence-electron chi connectivity index (χ0n) is 21.4. The molecule has 0 unspecified atom stereocenters. The topological polar surface area (TPSA) is 23.6 Å². The molecule has 2 aromatic rings. The Labute approximate surface area is 218 Å². The molecule has 2 saturated heterocycles. The normalized spacial score (nSPS) is 24.6. The molecule has 2 aliphatic heterocycles. The highest BCUT2D eigenvalue weighted by atomic mass is 35.5. The van der Waals surface area contributed by atoms with Crippen LogP contribution >= 0.6 is 12.4 Å². The van der Waals surface area contributed by atoms with Crippen molar-refractivity contribution in [2.45, 2.75) is 64.2 Å². The van der Waals surface area contributed by atoms with Gasteiger partial charge in [0.2, 0.25) is 5.91 Å². The first-order valence-electron chi connectivity index (χ1n) is 13.7. The summed E-state index contributed by atoms with van der Waals surface area (Å²) in [4.78, 5) is 18.3. The van der Waals surface area contributed by atoms with Gasteiger partial charge in [-0.05, 0) is 81.1 Å². The minimum absolute atomic E-state index is 0. The number of piperidine rings is 1. The maximum Gasteiger partial charge on any atom is 0.228 e. The van der Waals surface area contributed by atoms with Gasteiger partial charge in [0.25, 0.3) is 0 Å². The van der Waals surface area contributed by atoms with Crippen LogP contribution in [0.15, 0.2) is 60.7 Å². The lowest BCUT2D eigenvalue weighted by Crippen LogP contribution is -2.45. The average molecular weight is 495 g/mol. The molecule has 0 radical (unpaired) electrons. The molecule has 3 nitrogen and oxygen atoms in total. The number of halogens is 1. The molecule has 5 rings (SSSR count). The van der Waals surface area contributed by atoms with E-state index in [1.54, 1.807) is 0 Å². The maximum absolute atomic E-state index is 13.5. The largest absolute Gasteiger partial charge is 0.342 e. The molecule has 1 spiro atoms. The van der Waals surface area contributed by atoms with Crippen molar-refractivity contribution in [3.63, 3.8) is 0 Å². The van der Waals surface area contributed by atoms with Crippen LogP contribution in [0, 0.1) is 17.3 Å². The van der Waals surface area contributed by atoms with E-state index >= 15 is 0 Å². The van der Waals surface area contributed by atoms with E-state index in [4.69, 9.17) is 0 Å². The standard InChI is InChI=1S/C31H42N2O.ClH/c1-25-12-14-26(15-13-25)24-33-23-19-31(30(33)34)17-21-32(22-18-31)20-16-29(27-8-4-2-5-9-27)28-10-6-3-7-11-28;/h2-11,25-26,29H,12-24H2,1H3;1H. The third-order valence-electron chi connectivity index (χ3n) is 9.17. The first-order chi connectivity index (χ1) is 16.6. The quantitative estimate of drug-likeness (QED) is 0.424. The molecule has 190 valence electrons. The molecular formula is C31H43ClN2O. The van der Waals surface area contributed by atoms with Crippen LogP contribution in [0.4, 0.5) is 0 Å². The van der Waals surface area contributed by atoms with Crippen molar-refractivity contribution in [1.82, 2.24) is 9.80 Å². The number of benzene rings is 2. The van der Waals surface area contributed by atoms with E-state index in [0.717, 1.165) is 70.2 Å². The molecule has 0 N–H and O–H groups in total. The van der Waals surface area contributed by atoms with Crippen molar-refractivity contribution < 1.29 is 4.79 Å². The molecule has 0 aromatic heterocycles. The van der Waals surface area contributed by atoms with E-state index in [-0.39, 0.29) is 17.8 Å². The Kier molecular flexibility index (Phi) is 8.94. The molecule has 1 amide bonds. The van der Waals surface area contributed by atoms with E-state index < -0.39 is 0 Å². The predicted molar refractivity (Wildman–Crippen MR) is 147 cm³/mol. The monoisotopic (exact) mass is 494 g/mol. The van der Waals surface area contributed by atoms with Gasteiger partial charge in [0.1, 0.15) is 0 Å². The number of amides is 1. The number of carbonyl (C=O) groups excluding carboxylic acids is 1. The molecule has 1 saturated carbocycles. The van der Waals surface area contributed by atoms with Gasteiger partial charge in [0.05, 0.1) is 5.41 Å². The van der Waals surface area contributed by atoms with Crippen molar-refractivity contribution in [3.8, 4) is 0 Å². The third-order valence-corrected chi connectivity index (χ3v) is 9.17. The van der Waals surface area contributed by atoms with E-state index in [1.807, 2.05) is 0 Å². The van der Waals surface area contributed by atoms with Crippen molar-refractivity contribution in [2.24, 2.45) is 17.3 Å². The van der Waals surface area contributed by atoms with Crippen LogP contribution < -0.4 is 0 Å². The second kappa shape index (κ2) is 11.9. The van der Waals surface area contributed by atoms with Crippen LogP contribution in [0.1, 0.15) is 75.3 Å². The Morgan fingerprint density at radius 1 is 0.829 bits per heavy atom. The zero-order chi connectivity index (χ0) is 23.4. The van der Waals surface area contributed by atoms with Crippen LogP contribution in [-0.2, 0) is 4.79 Å². The van der Waals surface area contributed by atoms with Crippen molar-refractivity contribution >= 4 is 18.3 Å². The predicted octanol–water partition coefficient (Wildman–Crippen LogP) is 6.77. The second-order valence-electron chi connectivity index (χ2n) is 11.4. The number of hydrogen-bond acceptors (Lipinski definition) is 2. The Bertz CT molecular complexity index is 878. The summed E-state index contributed by atoms with van der Waals surface area (Å²) in [5, 5.41) is 0. The number of likely N-dealkylation sites (tertiary alicyclic amines) is 2. The Balaban J connectivity index is 0.00000289. The fourth-order valence-corrected chi connectivity index (χ4v) is 6.77. The number of nitrogens with zero attached hydrogens (tertiary/aromatic N) is 2. The molecule has 2 aromatic carbocycles. The summed E-state index contributed by atoms with van der Waals surface area (Å²) in [7, 11) is 0. The van der Waals surface area contributed by atoms with Crippen LogP contribution in [0.2, 0.25) is 0 Å². The molecule has 2 heterocycles. The van der Waals surface area contributed by atoms with Gasteiger partial charge in [0, 0.05) is 19.0 Å². The van der Waals surface area contributed by atoms with Gasteiger partial charge >= 0.3 is 0 Å². The molecule has 3 fully saturated rings. The molecule has 0 bridgehead atoms. The third kappa shape index (κ3) is 6.12. The van der Waals surface area contributed by atoms with Crippen LogP contribution in [0.25, 0.3) is 0 Å². The van der Waals surface area contributed by atoms with Crippen molar-refractivity contribution in [1.29, 1.82) is 0 Å². The highest BCUT2D eigenvalue weighted by molar-refractivity contribution is 5.85. The Morgan fingerprint density at radius 2 is 1.37 bits per heavy atom. The van der Waals surface area contributed by atoms with E-state index in [2.05, 4.69) is 77.4 Å². The van der Waals surface area contributed by atoms with Gasteiger partial charge in [0.15, 0.2) is 0 Å². The molecular weight excluding hydrogens is 452 g/mol. The maximum atomic E-state index is 13.5. The highest BCUT2D eigenvalue weighted by Crippen LogP contribution is 2.43. The smallest absolute Gasteiger partial charge is 0.228 e.